The SMILES string of the molecule is C[C@H]1Cc2ccccc2N1C(=O)CSc1nnc(Cc2cccs2)n1C1CC1. The Morgan fingerprint density at radius 3 is 2.86 bits per heavy atom. The van der Waals surface area contributed by atoms with Gasteiger partial charge in [0.1, 0.15) is 5.82 Å². The first-order valence-corrected chi connectivity index (χ1v) is 11.6. The van der Waals surface area contributed by atoms with Crippen LogP contribution in [0.3, 0.4) is 0 Å². The molecule has 0 saturated heterocycles. The molecule has 2 aromatic heterocycles. The molecule has 0 radical (unpaired) electrons. The highest BCUT2D eigenvalue weighted by Gasteiger charge is 2.32. The summed E-state index contributed by atoms with van der Waals surface area (Å²) >= 11 is 3.27. The highest BCUT2D eigenvalue weighted by Crippen LogP contribution is 2.39. The van der Waals surface area contributed by atoms with Crippen molar-refractivity contribution in [2.24, 2.45) is 0 Å². The van der Waals surface area contributed by atoms with Crippen LogP contribution in [-0.4, -0.2) is 32.5 Å². The Labute approximate surface area is 172 Å². The monoisotopic (exact) mass is 410 g/mol. The number of thioether (sulfide) groups is 1. The normalized spacial score (nSPS) is 18.5. The number of anilines is 1. The van der Waals surface area contributed by atoms with E-state index in [1.165, 1.54) is 35.0 Å². The van der Waals surface area contributed by atoms with Crippen molar-refractivity contribution in [1.82, 2.24) is 14.8 Å². The Morgan fingerprint density at radius 1 is 1.21 bits per heavy atom. The summed E-state index contributed by atoms with van der Waals surface area (Å²) in [6, 6.07) is 13.1. The molecule has 5 rings (SSSR count). The van der Waals surface area contributed by atoms with Crippen molar-refractivity contribution >= 4 is 34.7 Å². The number of aromatic nitrogens is 3. The molecule has 0 bridgehead atoms. The van der Waals surface area contributed by atoms with Crippen LogP contribution in [0.15, 0.2) is 46.9 Å². The molecular weight excluding hydrogens is 388 g/mol. The number of para-hydroxylation sites is 1. The molecule has 28 heavy (non-hydrogen) atoms. The van der Waals surface area contributed by atoms with Crippen LogP contribution < -0.4 is 4.90 Å². The molecule has 1 fully saturated rings. The van der Waals surface area contributed by atoms with Gasteiger partial charge in [-0.05, 0) is 49.3 Å². The molecule has 5 nitrogen and oxygen atoms in total. The first-order chi connectivity index (χ1) is 13.7. The standard InChI is InChI=1S/C21H22N4OS2/c1-14-11-15-5-2-3-7-18(15)24(14)20(26)13-28-21-23-22-19(25(21)16-8-9-16)12-17-6-4-10-27-17/h2-7,10,14,16H,8-9,11-13H2,1H3/t14-/m0/s1. The Bertz CT molecular complexity index is 994. The van der Waals surface area contributed by atoms with Gasteiger partial charge in [0.25, 0.3) is 0 Å². The number of carbonyl (C=O) groups excluding carboxylic acids is 1. The average molecular weight is 411 g/mol. The minimum absolute atomic E-state index is 0.146. The van der Waals surface area contributed by atoms with Crippen LogP contribution in [0.5, 0.6) is 0 Å². The van der Waals surface area contributed by atoms with Crippen molar-refractivity contribution in [3.05, 3.63) is 58.0 Å². The van der Waals surface area contributed by atoms with Crippen LogP contribution >= 0.6 is 23.1 Å². The maximum atomic E-state index is 13.0. The lowest BCUT2D eigenvalue weighted by Crippen LogP contribution is -2.37. The summed E-state index contributed by atoms with van der Waals surface area (Å²) in [5.41, 5.74) is 2.32. The van der Waals surface area contributed by atoms with Gasteiger partial charge in [0.05, 0.1) is 5.75 Å². The quantitative estimate of drug-likeness (QED) is 0.568. The Kier molecular flexibility index (Phi) is 4.72. The summed E-state index contributed by atoms with van der Waals surface area (Å²) < 4.78 is 2.26. The molecule has 1 aliphatic heterocycles. The topological polar surface area (TPSA) is 51.0 Å². The van der Waals surface area contributed by atoms with E-state index in [1.54, 1.807) is 11.3 Å². The lowest BCUT2D eigenvalue weighted by molar-refractivity contribution is -0.116. The van der Waals surface area contributed by atoms with E-state index in [2.05, 4.69) is 45.3 Å². The molecule has 1 amide bonds. The van der Waals surface area contributed by atoms with Gasteiger partial charge in [0.2, 0.25) is 5.91 Å². The van der Waals surface area contributed by atoms with Gasteiger partial charge in [0.15, 0.2) is 5.16 Å². The minimum Gasteiger partial charge on any atom is -0.308 e. The summed E-state index contributed by atoms with van der Waals surface area (Å²) in [6.07, 6.45) is 4.09. The molecule has 1 atom stereocenters. The van der Waals surface area contributed by atoms with E-state index in [0.717, 1.165) is 29.5 Å². The van der Waals surface area contributed by atoms with Gasteiger partial charge >= 0.3 is 0 Å². The van der Waals surface area contributed by atoms with Crippen molar-refractivity contribution in [3.8, 4) is 0 Å². The summed E-state index contributed by atoms with van der Waals surface area (Å²) in [5, 5.41) is 11.9. The zero-order chi connectivity index (χ0) is 19.1. The van der Waals surface area contributed by atoms with E-state index in [-0.39, 0.29) is 11.9 Å². The molecule has 1 aromatic carbocycles. The molecule has 0 spiro atoms. The molecule has 1 aliphatic carbocycles. The van der Waals surface area contributed by atoms with Crippen LogP contribution in [0.2, 0.25) is 0 Å². The molecule has 0 N–H and O–H groups in total. The third kappa shape index (κ3) is 3.37. The average Bonchev–Trinajstić information content (AvgIpc) is 3.11. The van der Waals surface area contributed by atoms with E-state index in [0.29, 0.717) is 11.8 Å². The number of fused-ring (bicyclic) bond motifs is 1. The first kappa shape index (κ1) is 17.9. The predicted octanol–water partition coefficient (Wildman–Crippen LogP) is 4.34. The molecule has 0 unspecified atom stereocenters. The molecular formula is C21H22N4OS2. The highest BCUT2D eigenvalue weighted by atomic mass is 32.2. The fourth-order valence-electron chi connectivity index (χ4n) is 3.94. The summed E-state index contributed by atoms with van der Waals surface area (Å²) in [7, 11) is 0. The van der Waals surface area contributed by atoms with Crippen molar-refractivity contribution < 1.29 is 4.79 Å². The number of amides is 1. The van der Waals surface area contributed by atoms with E-state index >= 15 is 0 Å². The van der Waals surface area contributed by atoms with Gasteiger partial charge in [-0.1, -0.05) is 36.0 Å². The third-order valence-electron chi connectivity index (χ3n) is 5.36. The number of hydrogen-bond donors (Lipinski definition) is 0. The molecule has 2 aliphatic rings. The van der Waals surface area contributed by atoms with Crippen molar-refractivity contribution in [2.75, 3.05) is 10.7 Å². The van der Waals surface area contributed by atoms with Crippen LogP contribution in [0.1, 0.15) is 42.1 Å². The number of nitrogens with zero attached hydrogens (tertiary/aromatic N) is 4. The van der Waals surface area contributed by atoms with Crippen molar-refractivity contribution in [1.29, 1.82) is 0 Å². The number of benzene rings is 1. The number of hydrogen-bond acceptors (Lipinski definition) is 5. The Morgan fingerprint density at radius 2 is 2.07 bits per heavy atom. The molecule has 3 aromatic rings. The summed E-state index contributed by atoms with van der Waals surface area (Å²) in [6.45, 7) is 2.12. The highest BCUT2D eigenvalue weighted by molar-refractivity contribution is 7.99. The fourth-order valence-corrected chi connectivity index (χ4v) is 5.52. The van der Waals surface area contributed by atoms with Crippen LogP contribution in [0.4, 0.5) is 5.69 Å². The molecule has 3 heterocycles. The van der Waals surface area contributed by atoms with E-state index in [1.807, 2.05) is 23.1 Å². The lowest BCUT2D eigenvalue weighted by atomic mass is 10.1. The molecule has 144 valence electrons. The van der Waals surface area contributed by atoms with Gasteiger partial charge < -0.3 is 9.47 Å². The van der Waals surface area contributed by atoms with Gasteiger partial charge in [-0.15, -0.1) is 21.5 Å². The number of rotatable bonds is 6. The maximum Gasteiger partial charge on any atom is 0.237 e. The van der Waals surface area contributed by atoms with Gasteiger partial charge in [-0.3, -0.25) is 4.79 Å². The summed E-state index contributed by atoms with van der Waals surface area (Å²) in [4.78, 5) is 16.2. The third-order valence-corrected chi connectivity index (χ3v) is 7.16. The molecule has 1 saturated carbocycles. The summed E-state index contributed by atoms with van der Waals surface area (Å²) in [5.74, 6) is 1.55. The fraction of sp³-hybridized carbons (Fsp3) is 0.381. The van der Waals surface area contributed by atoms with Crippen LogP contribution in [-0.2, 0) is 17.6 Å². The number of carbonyl (C=O) groups is 1. The second-order valence-electron chi connectivity index (χ2n) is 7.49. The Hall–Kier alpha value is -2.12. The zero-order valence-corrected chi connectivity index (χ0v) is 17.4. The van der Waals surface area contributed by atoms with Crippen LogP contribution in [0.25, 0.3) is 0 Å². The smallest absolute Gasteiger partial charge is 0.237 e. The number of thiophene rings is 1. The predicted molar refractivity (Wildman–Crippen MR) is 113 cm³/mol. The molecule has 7 heteroatoms. The second kappa shape index (κ2) is 7.37. The zero-order valence-electron chi connectivity index (χ0n) is 15.7. The second-order valence-corrected chi connectivity index (χ2v) is 9.47. The van der Waals surface area contributed by atoms with E-state index < -0.39 is 0 Å². The van der Waals surface area contributed by atoms with Crippen molar-refractivity contribution in [2.45, 2.75) is 49.8 Å². The maximum absolute atomic E-state index is 13.0. The first-order valence-electron chi connectivity index (χ1n) is 9.69. The van der Waals surface area contributed by atoms with E-state index in [4.69, 9.17) is 0 Å². The van der Waals surface area contributed by atoms with Crippen LogP contribution in [0, 0.1) is 0 Å². The van der Waals surface area contributed by atoms with Gasteiger partial charge in [-0.25, -0.2) is 0 Å². The van der Waals surface area contributed by atoms with Crippen molar-refractivity contribution in [3.63, 3.8) is 0 Å². The van der Waals surface area contributed by atoms with Gasteiger partial charge in [0, 0.05) is 29.1 Å². The largest absolute Gasteiger partial charge is 0.308 e. The van der Waals surface area contributed by atoms with E-state index in [9.17, 15) is 4.79 Å². The van der Waals surface area contributed by atoms with Gasteiger partial charge in [-0.2, -0.15) is 0 Å². The lowest BCUT2D eigenvalue weighted by Gasteiger charge is -2.22. The Balaban J connectivity index is 1.32. The minimum atomic E-state index is 0.146.